The summed E-state index contributed by atoms with van der Waals surface area (Å²) in [5.74, 6) is 1.26. The zero-order valence-electron chi connectivity index (χ0n) is 10.3. The highest BCUT2D eigenvalue weighted by Gasteiger charge is 2.07. The third-order valence-corrected chi connectivity index (χ3v) is 3.92. The van der Waals surface area contributed by atoms with Crippen LogP contribution >= 0.6 is 11.8 Å². The van der Waals surface area contributed by atoms with E-state index >= 15 is 0 Å². The second kappa shape index (κ2) is 5.36. The predicted molar refractivity (Wildman–Crippen MR) is 76.3 cm³/mol. The van der Waals surface area contributed by atoms with Crippen LogP contribution in [0.15, 0.2) is 46.4 Å². The number of nitrogens with one attached hydrogen (secondary N) is 2. The molecule has 0 fully saturated rings. The minimum atomic E-state index is -0.0984. The number of aromatic nitrogens is 4. The number of hydrogen-bond donors (Lipinski definition) is 2. The standard InChI is InChI=1S/C13H14N4OS/c18-12-8-10(9-19-11-4-2-1-3-5-11)16-17(12)13-14-6-7-15-13/h2,4-8,16H,1,3,9H2,(H,14,15). The maximum Gasteiger partial charge on any atom is 0.274 e. The van der Waals surface area contributed by atoms with Gasteiger partial charge in [0.05, 0.1) is 0 Å². The summed E-state index contributed by atoms with van der Waals surface area (Å²) < 4.78 is 1.42. The van der Waals surface area contributed by atoms with E-state index in [1.165, 1.54) is 9.59 Å². The summed E-state index contributed by atoms with van der Waals surface area (Å²) in [7, 11) is 0. The molecule has 1 aliphatic rings. The Bertz CT molecular complexity index is 663. The quantitative estimate of drug-likeness (QED) is 0.899. The van der Waals surface area contributed by atoms with Crippen molar-refractivity contribution >= 4 is 11.8 Å². The largest absolute Gasteiger partial charge is 0.329 e. The monoisotopic (exact) mass is 274 g/mol. The molecule has 0 bridgehead atoms. The molecule has 0 aromatic carbocycles. The zero-order chi connectivity index (χ0) is 13.1. The normalized spacial score (nSPS) is 14.6. The van der Waals surface area contributed by atoms with Gasteiger partial charge in [0.2, 0.25) is 5.95 Å². The lowest BCUT2D eigenvalue weighted by Gasteiger charge is -2.05. The van der Waals surface area contributed by atoms with Crippen molar-refractivity contribution < 1.29 is 0 Å². The molecule has 0 spiro atoms. The fourth-order valence-electron chi connectivity index (χ4n) is 1.91. The van der Waals surface area contributed by atoms with E-state index < -0.39 is 0 Å². The lowest BCUT2D eigenvalue weighted by atomic mass is 10.2. The topological polar surface area (TPSA) is 66.5 Å². The number of H-pyrrole nitrogens is 2. The van der Waals surface area contributed by atoms with Crippen molar-refractivity contribution in [1.29, 1.82) is 0 Å². The molecule has 98 valence electrons. The van der Waals surface area contributed by atoms with Gasteiger partial charge in [-0.05, 0) is 12.8 Å². The number of imidazole rings is 1. The number of aromatic amines is 2. The SMILES string of the molecule is O=c1cc(CSC2=CCCC=C2)[nH]n1-c1ncc[nH]1. The van der Waals surface area contributed by atoms with Gasteiger partial charge in [0.25, 0.3) is 5.56 Å². The maximum absolute atomic E-state index is 11.8. The Morgan fingerprint density at radius 3 is 3.11 bits per heavy atom. The van der Waals surface area contributed by atoms with Gasteiger partial charge in [0.1, 0.15) is 0 Å². The Morgan fingerprint density at radius 2 is 2.37 bits per heavy atom. The molecule has 2 aromatic heterocycles. The molecule has 5 nitrogen and oxygen atoms in total. The average Bonchev–Trinajstić information content (AvgIpc) is 3.07. The number of nitrogens with zero attached hydrogens (tertiary/aromatic N) is 2. The Labute approximate surface area is 114 Å². The first-order chi connectivity index (χ1) is 9.33. The van der Waals surface area contributed by atoms with Crippen LogP contribution in [-0.2, 0) is 5.75 Å². The van der Waals surface area contributed by atoms with E-state index in [4.69, 9.17) is 0 Å². The van der Waals surface area contributed by atoms with E-state index in [2.05, 4.69) is 33.3 Å². The van der Waals surface area contributed by atoms with Crippen LogP contribution in [0.2, 0.25) is 0 Å². The molecule has 6 heteroatoms. The second-order valence-corrected chi connectivity index (χ2v) is 5.29. The van der Waals surface area contributed by atoms with Gasteiger partial charge in [-0.1, -0.05) is 18.2 Å². The van der Waals surface area contributed by atoms with E-state index in [1.807, 2.05) is 0 Å². The number of rotatable bonds is 4. The molecule has 0 saturated carbocycles. The van der Waals surface area contributed by atoms with Crippen molar-refractivity contribution in [2.24, 2.45) is 0 Å². The fraction of sp³-hybridized carbons (Fsp3) is 0.231. The third-order valence-electron chi connectivity index (χ3n) is 2.82. The predicted octanol–water partition coefficient (Wildman–Crippen LogP) is 2.36. The Hall–Kier alpha value is -1.95. The first-order valence-corrected chi connectivity index (χ1v) is 7.12. The van der Waals surface area contributed by atoms with E-state index in [0.29, 0.717) is 5.95 Å². The molecule has 0 aliphatic heterocycles. The van der Waals surface area contributed by atoms with E-state index in [0.717, 1.165) is 24.3 Å². The van der Waals surface area contributed by atoms with Gasteiger partial charge < -0.3 is 4.98 Å². The average molecular weight is 274 g/mol. The van der Waals surface area contributed by atoms with Crippen LogP contribution in [0.3, 0.4) is 0 Å². The van der Waals surface area contributed by atoms with Crippen LogP contribution in [0.5, 0.6) is 0 Å². The molecule has 0 unspecified atom stereocenters. The molecule has 3 rings (SSSR count). The molecule has 2 N–H and O–H groups in total. The lowest BCUT2D eigenvalue weighted by molar-refractivity contribution is 0.786. The third kappa shape index (κ3) is 2.73. The summed E-state index contributed by atoms with van der Waals surface area (Å²) in [5.41, 5.74) is 0.796. The highest BCUT2D eigenvalue weighted by atomic mass is 32.2. The van der Waals surface area contributed by atoms with Crippen LogP contribution < -0.4 is 5.56 Å². The first kappa shape index (κ1) is 12.1. The van der Waals surface area contributed by atoms with Crippen LogP contribution in [0, 0.1) is 0 Å². The first-order valence-electron chi connectivity index (χ1n) is 6.13. The highest BCUT2D eigenvalue weighted by molar-refractivity contribution is 8.02. The second-order valence-electron chi connectivity index (χ2n) is 4.24. The van der Waals surface area contributed by atoms with Crippen molar-refractivity contribution in [3.63, 3.8) is 0 Å². The number of thioether (sulfide) groups is 1. The molecule has 0 radical (unpaired) electrons. The summed E-state index contributed by atoms with van der Waals surface area (Å²) in [6.07, 6.45) is 12.1. The minimum absolute atomic E-state index is 0.0984. The van der Waals surface area contributed by atoms with Crippen molar-refractivity contribution in [3.05, 3.63) is 57.6 Å². The summed E-state index contributed by atoms with van der Waals surface area (Å²) in [6.45, 7) is 0. The molecule has 0 amide bonds. The van der Waals surface area contributed by atoms with Gasteiger partial charge in [0.15, 0.2) is 0 Å². The molecule has 1 aliphatic carbocycles. The Morgan fingerprint density at radius 1 is 1.42 bits per heavy atom. The van der Waals surface area contributed by atoms with Gasteiger partial charge >= 0.3 is 0 Å². The Kier molecular flexibility index (Phi) is 3.41. The van der Waals surface area contributed by atoms with Crippen molar-refractivity contribution in [3.8, 4) is 5.95 Å². The summed E-state index contributed by atoms with van der Waals surface area (Å²) in [6, 6.07) is 1.61. The van der Waals surface area contributed by atoms with E-state index in [9.17, 15) is 4.79 Å². The van der Waals surface area contributed by atoms with Crippen molar-refractivity contribution in [2.45, 2.75) is 18.6 Å². The van der Waals surface area contributed by atoms with Gasteiger partial charge in [-0.3, -0.25) is 9.89 Å². The van der Waals surface area contributed by atoms with Gasteiger partial charge in [-0.15, -0.1) is 11.8 Å². The van der Waals surface area contributed by atoms with Gasteiger partial charge in [-0.2, -0.15) is 4.68 Å². The molecule has 0 atom stereocenters. The highest BCUT2D eigenvalue weighted by Crippen LogP contribution is 2.24. The maximum atomic E-state index is 11.8. The molecular weight excluding hydrogens is 260 g/mol. The van der Waals surface area contributed by atoms with Gasteiger partial charge in [-0.25, -0.2) is 4.98 Å². The number of hydrogen-bond acceptors (Lipinski definition) is 3. The molecule has 0 saturated heterocycles. The van der Waals surface area contributed by atoms with Crippen LogP contribution in [-0.4, -0.2) is 19.7 Å². The van der Waals surface area contributed by atoms with Crippen LogP contribution in [0.4, 0.5) is 0 Å². The van der Waals surface area contributed by atoms with E-state index in [1.54, 1.807) is 30.2 Å². The number of allylic oxidation sites excluding steroid dienone is 3. The molecular formula is C13H14N4OS. The summed E-state index contributed by atoms with van der Waals surface area (Å²) in [4.78, 5) is 20.0. The van der Waals surface area contributed by atoms with Crippen molar-refractivity contribution in [1.82, 2.24) is 19.7 Å². The van der Waals surface area contributed by atoms with Crippen LogP contribution in [0.25, 0.3) is 5.95 Å². The van der Waals surface area contributed by atoms with Gasteiger partial charge in [0, 0.05) is 34.8 Å². The van der Waals surface area contributed by atoms with Crippen LogP contribution in [0.1, 0.15) is 18.5 Å². The zero-order valence-corrected chi connectivity index (χ0v) is 11.1. The lowest BCUT2D eigenvalue weighted by Crippen LogP contribution is -2.14. The minimum Gasteiger partial charge on any atom is -0.329 e. The Balaban J connectivity index is 1.73. The molecule has 2 heterocycles. The van der Waals surface area contributed by atoms with Crippen molar-refractivity contribution in [2.75, 3.05) is 0 Å². The molecule has 2 aromatic rings. The molecule has 19 heavy (non-hydrogen) atoms. The summed E-state index contributed by atoms with van der Waals surface area (Å²) in [5, 5.41) is 3.06. The smallest absolute Gasteiger partial charge is 0.274 e. The van der Waals surface area contributed by atoms with E-state index in [-0.39, 0.29) is 5.56 Å². The summed E-state index contributed by atoms with van der Waals surface area (Å²) >= 11 is 1.73. The fourth-order valence-corrected chi connectivity index (χ4v) is 2.81.